The molecule has 3 saturated carbocycles. The number of ether oxygens (including phenoxy) is 1. The Bertz CT molecular complexity index is 985. The van der Waals surface area contributed by atoms with Gasteiger partial charge in [0.1, 0.15) is 5.60 Å². The molecule has 0 aromatic carbocycles. The van der Waals surface area contributed by atoms with Crippen molar-refractivity contribution in [1.82, 2.24) is 0 Å². The van der Waals surface area contributed by atoms with E-state index in [1.165, 1.54) is 0 Å². The van der Waals surface area contributed by atoms with E-state index in [4.69, 9.17) is 16.2 Å². The van der Waals surface area contributed by atoms with Gasteiger partial charge in [-0.15, -0.1) is 11.8 Å². The van der Waals surface area contributed by atoms with Crippen molar-refractivity contribution in [1.29, 1.82) is 0 Å². The minimum atomic E-state index is -1.69. The number of Topliss-reactive ketones (excluding diaryl/α,β-unsaturated/α-hetero) is 1. The summed E-state index contributed by atoms with van der Waals surface area (Å²) in [6.45, 7) is 3.51. The van der Waals surface area contributed by atoms with Crippen molar-refractivity contribution in [3.05, 3.63) is 11.6 Å². The molecular formula is C26H38N2O7S. The number of ketones is 2. The summed E-state index contributed by atoms with van der Waals surface area (Å²) in [5, 5.41) is 23.1. The predicted octanol–water partition coefficient (Wildman–Crippen LogP) is 0.878. The molecule has 6 N–H and O–H groups in total. The number of thioether (sulfide) groups is 1. The fourth-order valence-electron chi connectivity index (χ4n) is 7.81. The summed E-state index contributed by atoms with van der Waals surface area (Å²) in [4.78, 5) is 48.4. The van der Waals surface area contributed by atoms with Crippen molar-refractivity contribution in [3.63, 3.8) is 0 Å². The Balaban J connectivity index is 1.43. The summed E-state index contributed by atoms with van der Waals surface area (Å²) in [6, 6.07) is -0.871. The van der Waals surface area contributed by atoms with Crippen LogP contribution in [0.4, 0.5) is 0 Å². The van der Waals surface area contributed by atoms with Crippen LogP contribution >= 0.6 is 11.8 Å². The van der Waals surface area contributed by atoms with Gasteiger partial charge in [-0.25, -0.2) is 0 Å². The lowest BCUT2D eigenvalue weighted by Gasteiger charge is -2.60. The van der Waals surface area contributed by atoms with Crippen molar-refractivity contribution in [2.75, 3.05) is 18.1 Å². The van der Waals surface area contributed by atoms with Crippen molar-refractivity contribution in [2.24, 2.45) is 40.1 Å². The molecule has 200 valence electrons. The summed E-state index contributed by atoms with van der Waals surface area (Å²) >= 11 is 1.09. The topological polar surface area (TPSA) is 170 Å². The third kappa shape index (κ3) is 4.44. The van der Waals surface area contributed by atoms with E-state index in [1.54, 1.807) is 6.08 Å². The van der Waals surface area contributed by atoms with Crippen molar-refractivity contribution in [3.8, 4) is 0 Å². The van der Waals surface area contributed by atoms with E-state index in [0.717, 1.165) is 36.6 Å². The van der Waals surface area contributed by atoms with Crippen LogP contribution in [0.3, 0.4) is 0 Å². The zero-order valence-corrected chi connectivity index (χ0v) is 21.9. The minimum Gasteiger partial charge on any atom is -0.457 e. The second-order valence-corrected chi connectivity index (χ2v) is 12.6. The highest BCUT2D eigenvalue weighted by molar-refractivity contribution is 8.00. The van der Waals surface area contributed by atoms with Gasteiger partial charge in [0, 0.05) is 17.6 Å². The summed E-state index contributed by atoms with van der Waals surface area (Å²) < 4.78 is 5.15. The maximum Gasteiger partial charge on any atom is 0.316 e. The molecule has 8 atom stereocenters. The molecule has 0 aromatic rings. The highest BCUT2D eigenvalue weighted by atomic mass is 32.2. The number of aliphatic hydroxyl groups excluding tert-OH is 1. The minimum absolute atomic E-state index is 0.0113. The third-order valence-electron chi connectivity index (χ3n) is 9.76. The number of esters is 1. The van der Waals surface area contributed by atoms with E-state index in [1.807, 2.05) is 6.92 Å². The first-order valence-corrected chi connectivity index (χ1v) is 13.9. The number of allylic oxidation sites excluding steroid dienone is 1. The molecule has 0 spiro atoms. The highest BCUT2D eigenvalue weighted by Crippen LogP contribution is 2.67. The molecule has 3 fully saturated rings. The smallest absolute Gasteiger partial charge is 0.316 e. The highest BCUT2D eigenvalue weighted by Gasteiger charge is 2.68. The van der Waals surface area contributed by atoms with Crippen LogP contribution in [-0.2, 0) is 23.9 Å². The molecule has 0 aliphatic heterocycles. The average molecular weight is 523 g/mol. The van der Waals surface area contributed by atoms with Gasteiger partial charge in [0.2, 0.25) is 11.7 Å². The number of fused-ring (bicyclic) bond motifs is 5. The van der Waals surface area contributed by atoms with Gasteiger partial charge < -0.3 is 26.4 Å². The molecule has 0 bridgehead atoms. The molecule has 0 heterocycles. The van der Waals surface area contributed by atoms with Crippen LogP contribution in [-0.4, -0.2) is 69.5 Å². The average Bonchev–Trinajstić information content (AvgIpc) is 3.08. The molecule has 1 amide bonds. The standard InChI is InChI=1S/C26H38N2O7S/c1-24-7-5-15(29)9-14(24)3-4-16-17-6-8-26(34,25(17,2)10-19(30)22(16)24)20(31)11-35-21(32)13-36-12-18(27)23(28)33/h9,16-19,22,30,34H,3-8,10-13,27H2,1-2H3,(H2,28,33)/t16-,17-,18-,19-,22+,24-,25-,26-/m0/s1. The molecule has 36 heavy (non-hydrogen) atoms. The molecule has 0 saturated heterocycles. The molecule has 4 aliphatic rings. The van der Waals surface area contributed by atoms with Crippen LogP contribution in [0, 0.1) is 28.6 Å². The number of rotatable bonds is 8. The van der Waals surface area contributed by atoms with Gasteiger partial charge in [-0.2, -0.15) is 0 Å². The van der Waals surface area contributed by atoms with Gasteiger partial charge in [-0.05, 0) is 67.8 Å². The van der Waals surface area contributed by atoms with Gasteiger partial charge in [0.15, 0.2) is 12.4 Å². The monoisotopic (exact) mass is 522 g/mol. The molecule has 0 unspecified atom stereocenters. The number of carbonyl (C=O) groups is 4. The van der Waals surface area contributed by atoms with Gasteiger partial charge >= 0.3 is 5.97 Å². The summed E-state index contributed by atoms with van der Waals surface area (Å²) in [6.07, 6.45) is 5.11. The number of amides is 1. The van der Waals surface area contributed by atoms with Crippen molar-refractivity contribution >= 4 is 35.2 Å². The lowest BCUT2D eigenvalue weighted by atomic mass is 9.45. The number of primary amides is 1. The second-order valence-electron chi connectivity index (χ2n) is 11.6. The molecule has 0 aromatic heterocycles. The Kier molecular flexibility index (Phi) is 7.47. The van der Waals surface area contributed by atoms with Gasteiger partial charge in [0.05, 0.1) is 17.9 Å². The quantitative estimate of drug-likeness (QED) is 0.338. The Morgan fingerprint density at radius 3 is 2.64 bits per heavy atom. The zero-order chi connectivity index (χ0) is 26.5. The normalized spacial score (nSPS) is 40.4. The fraction of sp³-hybridized carbons (Fsp3) is 0.769. The number of aliphatic hydroxyl groups is 2. The largest absolute Gasteiger partial charge is 0.457 e. The van der Waals surface area contributed by atoms with Crippen molar-refractivity contribution in [2.45, 2.75) is 76.5 Å². The van der Waals surface area contributed by atoms with E-state index in [9.17, 15) is 29.4 Å². The Labute approximate surface area is 215 Å². The van der Waals surface area contributed by atoms with Gasteiger partial charge in [-0.3, -0.25) is 19.2 Å². The molecule has 0 radical (unpaired) electrons. The van der Waals surface area contributed by atoms with E-state index in [0.29, 0.717) is 12.8 Å². The molecule has 4 rings (SSSR count). The first-order valence-electron chi connectivity index (χ1n) is 12.8. The number of hydrogen-bond acceptors (Lipinski definition) is 9. The summed E-state index contributed by atoms with van der Waals surface area (Å²) in [5.74, 6) is -1.44. The van der Waals surface area contributed by atoms with Crippen molar-refractivity contribution < 1.29 is 34.1 Å². The number of carbonyl (C=O) groups excluding carboxylic acids is 4. The fourth-order valence-corrected chi connectivity index (χ4v) is 8.59. The third-order valence-corrected chi connectivity index (χ3v) is 10.8. The lowest BCUT2D eigenvalue weighted by Crippen LogP contribution is -2.62. The molecule has 10 heteroatoms. The first-order chi connectivity index (χ1) is 16.8. The predicted molar refractivity (Wildman–Crippen MR) is 134 cm³/mol. The van der Waals surface area contributed by atoms with Crippen LogP contribution in [0.5, 0.6) is 0 Å². The van der Waals surface area contributed by atoms with Crippen LogP contribution in [0.2, 0.25) is 0 Å². The number of nitrogens with two attached hydrogens (primary N) is 2. The Hall–Kier alpha value is -1.75. The maximum absolute atomic E-state index is 13.3. The van der Waals surface area contributed by atoms with E-state index < -0.39 is 47.4 Å². The summed E-state index contributed by atoms with van der Waals surface area (Å²) in [7, 11) is 0. The van der Waals surface area contributed by atoms with Crippen LogP contribution in [0.25, 0.3) is 0 Å². The Morgan fingerprint density at radius 1 is 1.22 bits per heavy atom. The van der Waals surface area contributed by atoms with Crippen LogP contribution in [0.15, 0.2) is 11.6 Å². The van der Waals surface area contributed by atoms with E-state index in [-0.39, 0.29) is 53.3 Å². The molecular weight excluding hydrogens is 484 g/mol. The van der Waals surface area contributed by atoms with Gasteiger partial charge in [-0.1, -0.05) is 19.4 Å². The van der Waals surface area contributed by atoms with E-state index in [2.05, 4.69) is 6.92 Å². The molecule has 4 aliphatic carbocycles. The SMILES string of the molecule is C[C@]12CCC(=O)C=C1CC[C@@H]1[C@@H]2[C@@H](O)C[C@@]2(C)[C@H]1CC[C@]2(O)C(=O)COC(=O)CSC[C@H](N)C(N)=O. The van der Waals surface area contributed by atoms with Crippen LogP contribution < -0.4 is 11.5 Å². The van der Waals surface area contributed by atoms with E-state index >= 15 is 0 Å². The lowest BCUT2D eigenvalue weighted by molar-refractivity contribution is -0.184. The Morgan fingerprint density at radius 2 is 1.94 bits per heavy atom. The summed E-state index contributed by atoms with van der Waals surface area (Å²) in [5.41, 5.74) is 9.00. The maximum atomic E-state index is 13.3. The number of hydrogen-bond donors (Lipinski definition) is 4. The van der Waals surface area contributed by atoms with Crippen LogP contribution in [0.1, 0.15) is 58.8 Å². The van der Waals surface area contributed by atoms with Gasteiger partial charge in [0.25, 0.3) is 0 Å². The second kappa shape index (κ2) is 9.85. The zero-order valence-electron chi connectivity index (χ0n) is 21.0. The molecule has 9 nitrogen and oxygen atoms in total. The first kappa shape index (κ1) is 27.3.